The molecule has 0 spiro atoms. The molecule has 1 aliphatic heterocycles. The Morgan fingerprint density at radius 2 is 2.33 bits per heavy atom. The summed E-state index contributed by atoms with van der Waals surface area (Å²) in [6.07, 6.45) is 2.90. The quantitative estimate of drug-likeness (QED) is 0.690. The van der Waals surface area contributed by atoms with Gasteiger partial charge < -0.3 is 11.1 Å². The van der Waals surface area contributed by atoms with Crippen molar-refractivity contribution in [2.24, 2.45) is 0 Å². The summed E-state index contributed by atoms with van der Waals surface area (Å²) >= 11 is 0. The average Bonchev–Trinajstić information content (AvgIpc) is 1.90. The molecule has 2 heterocycles. The van der Waals surface area contributed by atoms with Crippen LogP contribution in [0.5, 0.6) is 0 Å². The van der Waals surface area contributed by atoms with Gasteiger partial charge in [0.15, 0.2) is 0 Å². The molecule has 3 N–H and O–H groups in total. The first-order chi connectivity index (χ1) is 5.38. The van der Waals surface area contributed by atoms with Crippen LogP contribution < -0.4 is 11.1 Å². The van der Waals surface area contributed by atoms with E-state index in [1.165, 1.54) is 6.42 Å². The van der Waals surface area contributed by atoms with Gasteiger partial charge in [0.05, 0.1) is 0 Å². The van der Waals surface area contributed by atoms with Gasteiger partial charge in [0, 0.05) is 17.8 Å². The van der Waals surface area contributed by atoms with Crippen LogP contribution in [0.1, 0.15) is 18.0 Å². The van der Waals surface area contributed by atoms with Crippen molar-refractivity contribution in [3.63, 3.8) is 0 Å². The van der Waals surface area contributed by atoms with Crippen molar-refractivity contribution in [1.82, 2.24) is 10.3 Å². The predicted molar refractivity (Wildman–Crippen MR) is 51.3 cm³/mol. The van der Waals surface area contributed by atoms with Crippen LogP contribution in [-0.4, -0.2) is 11.5 Å². The normalized spacial score (nSPS) is 20.8. The van der Waals surface area contributed by atoms with Gasteiger partial charge >= 0.3 is 0 Å². The molecule has 0 aliphatic carbocycles. The summed E-state index contributed by atoms with van der Waals surface area (Å²) in [5.41, 5.74) is 6.82. The smallest absolute Gasteiger partial charge is 0.128 e. The maximum Gasteiger partial charge on any atom is 0.128 e. The van der Waals surface area contributed by atoms with Gasteiger partial charge in [0.1, 0.15) is 5.82 Å². The average molecular weight is 186 g/mol. The highest BCUT2D eigenvalue weighted by atomic mass is 35.5. The van der Waals surface area contributed by atoms with E-state index in [1.807, 2.05) is 12.1 Å². The molecule has 66 valence electrons. The van der Waals surface area contributed by atoms with Gasteiger partial charge in [0.25, 0.3) is 0 Å². The van der Waals surface area contributed by atoms with Crippen molar-refractivity contribution >= 4 is 18.2 Å². The van der Waals surface area contributed by atoms with E-state index >= 15 is 0 Å². The Kier molecular flexibility index (Phi) is 2.89. The van der Waals surface area contributed by atoms with E-state index in [4.69, 9.17) is 5.73 Å². The second-order valence-corrected chi connectivity index (χ2v) is 2.77. The summed E-state index contributed by atoms with van der Waals surface area (Å²) in [5.74, 6) is 0.657. The number of nitrogens with two attached hydrogens (primary N) is 1. The number of nitrogens with one attached hydrogen (secondary N) is 1. The van der Waals surface area contributed by atoms with Gasteiger partial charge in [-0.1, -0.05) is 6.07 Å². The highest BCUT2D eigenvalue weighted by Crippen LogP contribution is 2.25. The summed E-state index contributed by atoms with van der Waals surface area (Å²) in [6.45, 7) is 1.10. The van der Waals surface area contributed by atoms with E-state index in [0.717, 1.165) is 12.1 Å². The molecule has 0 saturated carbocycles. The molecule has 2 rings (SSSR count). The van der Waals surface area contributed by atoms with Crippen LogP contribution in [0.25, 0.3) is 0 Å². The molecular weight excluding hydrogens is 174 g/mol. The van der Waals surface area contributed by atoms with Crippen LogP contribution in [0.3, 0.4) is 0 Å². The standard InChI is InChI=1S/C8H11N3.ClH/c9-8-6(2-1-4-11-8)7-3-5-10-7;/h1-2,4,7,10H,3,5H2,(H2,9,11);1H/t7-;/m0./s1. The minimum absolute atomic E-state index is 0. The van der Waals surface area contributed by atoms with E-state index in [2.05, 4.69) is 10.3 Å². The minimum Gasteiger partial charge on any atom is -0.383 e. The summed E-state index contributed by atoms with van der Waals surface area (Å²) in [7, 11) is 0. The maximum absolute atomic E-state index is 5.68. The molecule has 0 amide bonds. The van der Waals surface area contributed by atoms with Crippen molar-refractivity contribution in [3.8, 4) is 0 Å². The number of halogens is 1. The zero-order chi connectivity index (χ0) is 7.68. The number of nitrogens with zero attached hydrogens (tertiary/aromatic N) is 1. The number of nitrogen functional groups attached to an aromatic ring is 1. The van der Waals surface area contributed by atoms with Gasteiger partial charge in [-0.2, -0.15) is 0 Å². The molecule has 3 nitrogen and oxygen atoms in total. The third kappa shape index (κ3) is 1.52. The topological polar surface area (TPSA) is 50.9 Å². The lowest BCUT2D eigenvalue weighted by atomic mass is 9.99. The van der Waals surface area contributed by atoms with Crippen molar-refractivity contribution in [3.05, 3.63) is 23.9 Å². The first kappa shape index (κ1) is 9.29. The first-order valence-electron chi connectivity index (χ1n) is 3.81. The Morgan fingerprint density at radius 3 is 2.83 bits per heavy atom. The molecule has 0 unspecified atom stereocenters. The van der Waals surface area contributed by atoms with Gasteiger partial charge in [-0.25, -0.2) is 4.98 Å². The van der Waals surface area contributed by atoms with E-state index in [1.54, 1.807) is 6.20 Å². The van der Waals surface area contributed by atoms with Gasteiger partial charge in [0.2, 0.25) is 0 Å². The van der Waals surface area contributed by atoms with Crippen LogP contribution >= 0.6 is 12.4 Å². The Morgan fingerprint density at radius 1 is 1.58 bits per heavy atom. The summed E-state index contributed by atoms with van der Waals surface area (Å²) in [4.78, 5) is 4.02. The van der Waals surface area contributed by atoms with E-state index in [-0.39, 0.29) is 12.4 Å². The monoisotopic (exact) mass is 185 g/mol. The van der Waals surface area contributed by atoms with Crippen molar-refractivity contribution in [2.45, 2.75) is 12.5 Å². The summed E-state index contributed by atoms with van der Waals surface area (Å²) < 4.78 is 0. The molecule has 4 heteroatoms. The second-order valence-electron chi connectivity index (χ2n) is 2.77. The molecule has 1 fully saturated rings. The van der Waals surface area contributed by atoms with Gasteiger partial charge in [-0.05, 0) is 19.0 Å². The zero-order valence-corrected chi connectivity index (χ0v) is 7.47. The third-order valence-electron chi connectivity index (χ3n) is 2.07. The Bertz CT molecular complexity index is 260. The van der Waals surface area contributed by atoms with Crippen LogP contribution in [0, 0.1) is 0 Å². The molecule has 1 aliphatic rings. The van der Waals surface area contributed by atoms with Crippen molar-refractivity contribution in [2.75, 3.05) is 12.3 Å². The number of hydrogen-bond donors (Lipinski definition) is 2. The molecule has 0 aromatic carbocycles. The number of rotatable bonds is 1. The fourth-order valence-electron chi connectivity index (χ4n) is 1.28. The SMILES string of the molecule is Cl.Nc1ncccc1[C@@H]1CCN1. The fourth-order valence-corrected chi connectivity index (χ4v) is 1.28. The molecule has 0 bridgehead atoms. The van der Waals surface area contributed by atoms with Crippen molar-refractivity contribution in [1.29, 1.82) is 0 Å². The predicted octanol–water partition coefficient (Wildman–Crippen LogP) is 1.12. The van der Waals surface area contributed by atoms with Gasteiger partial charge in [-0.3, -0.25) is 0 Å². The number of pyridine rings is 1. The summed E-state index contributed by atoms with van der Waals surface area (Å²) in [6, 6.07) is 4.40. The second kappa shape index (κ2) is 3.74. The molecule has 1 aromatic heterocycles. The molecular formula is C8H12ClN3. The van der Waals surface area contributed by atoms with E-state index in [0.29, 0.717) is 11.9 Å². The molecule has 0 radical (unpaired) electrons. The zero-order valence-electron chi connectivity index (χ0n) is 6.66. The van der Waals surface area contributed by atoms with Crippen LogP contribution in [0.2, 0.25) is 0 Å². The lowest BCUT2D eigenvalue weighted by molar-refractivity contribution is 0.383. The van der Waals surface area contributed by atoms with Crippen molar-refractivity contribution < 1.29 is 0 Å². The number of hydrogen-bond acceptors (Lipinski definition) is 3. The Labute approximate surface area is 77.8 Å². The minimum atomic E-state index is 0. The lowest BCUT2D eigenvalue weighted by Gasteiger charge is -2.28. The number of aromatic nitrogens is 1. The highest BCUT2D eigenvalue weighted by molar-refractivity contribution is 5.85. The third-order valence-corrected chi connectivity index (χ3v) is 2.07. The Hall–Kier alpha value is -0.800. The van der Waals surface area contributed by atoms with Crippen LogP contribution in [0.15, 0.2) is 18.3 Å². The van der Waals surface area contributed by atoms with E-state index in [9.17, 15) is 0 Å². The maximum atomic E-state index is 5.68. The highest BCUT2D eigenvalue weighted by Gasteiger charge is 2.20. The van der Waals surface area contributed by atoms with Gasteiger partial charge in [-0.15, -0.1) is 12.4 Å². The largest absolute Gasteiger partial charge is 0.383 e. The first-order valence-corrected chi connectivity index (χ1v) is 3.81. The summed E-state index contributed by atoms with van der Waals surface area (Å²) in [5, 5.41) is 3.28. The molecule has 1 saturated heterocycles. The Balaban J connectivity index is 0.000000720. The van der Waals surface area contributed by atoms with Crippen LogP contribution in [-0.2, 0) is 0 Å². The molecule has 12 heavy (non-hydrogen) atoms. The molecule has 1 aromatic rings. The molecule has 1 atom stereocenters. The van der Waals surface area contributed by atoms with E-state index < -0.39 is 0 Å². The van der Waals surface area contributed by atoms with Crippen LogP contribution in [0.4, 0.5) is 5.82 Å². The number of anilines is 1. The fraction of sp³-hybridized carbons (Fsp3) is 0.375. The lowest BCUT2D eigenvalue weighted by Crippen LogP contribution is -2.35.